The number of ether oxygens (including phenoxy) is 1. The van der Waals surface area contributed by atoms with Gasteiger partial charge in [-0.15, -0.1) is 0 Å². The number of hydrogen-bond acceptors (Lipinski definition) is 2. The third-order valence-electron chi connectivity index (χ3n) is 4.09. The van der Waals surface area contributed by atoms with Gasteiger partial charge in [-0.05, 0) is 30.7 Å². The molecule has 0 saturated heterocycles. The van der Waals surface area contributed by atoms with Crippen molar-refractivity contribution in [2.24, 2.45) is 7.05 Å². The van der Waals surface area contributed by atoms with Crippen LogP contribution in [0.2, 0.25) is 0 Å². The van der Waals surface area contributed by atoms with E-state index in [1.54, 1.807) is 0 Å². The summed E-state index contributed by atoms with van der Waals surface area (Å²) in [5.74, 6) is 0.879. The van der Waals surface area contributed by atoms with E-state index in [0.29, 0.717) is 6.61 Å². The number of hydrogen-bond donors (Lipinski definition) is 1. The van der Waals surface area contributed by atoms with E-state index >= 15 is 0 Å². The number of H-pyrrole nitrogens is 1. The minimum absolute atomic E-state index is 0.576. The van der Waals surface area contributed by atoms with Gasteiger partial charge in [-0.2, -0.15) is 5.10 Å². The Morgan fingerprint density at radius 3 is 2.77 bits per heavy atom. The standard InChI is InChI=1S/C18H17N3O/c1-12-17-15-10-14(22-11-13-6-4-3-5-7-13)8-9-16(15)21(2)18(17)20-19-12/h3-10H,11H2,1-2H3,(H,19,20). The molecule has 0 atom stereocenters. The second kappa shape index (κ2) is 4.91. The molecule has 0 fully saturated rings. The summed E-state index contributed by atoms with van der Waals surface area (Å²) in [6.07, 6.45) is 0. The van der Waals surface area contributed by atoms with Crippen LogP contribution in [0.5, 0.6) is 5.75 Å². The van der Waals surface area contributed by atoms with Gasteiger partial charge in [0.25, 0.3) is 0 Å². The molecule has 0 bridgehead atoms. The predicted octanol–water partition coefficient (Wildman–Crippen LogP) is 3.94. The van der Waals surface area contributed by atoms with Gasteiger partial charge in [0.15, 0.2) is 5.65 Å². The van der Waals surface area contributed by atoms with Crippen molar-refractivity contribution in [3.8, 4) is 5.75 Å². The van der Waals surface area contributed by atoms with Crippen LogP contribution in [0.3, 0.4) is 0 Å². The molecule has 2 aromatic heterocycles. The number of fused-ring (bicyclic) bond motifs is 3. The summed E-state index contributed by atoms with van der Waals surface area (Å²) in [4.78, 5) is 0. The highest BCUT2D eigenvalue weighted by molar-refractivity contribution is 6.08. The Morgan fingerprint density at radius 2 is 1.95 bits per heavy atom. The van der Waals surface area contributed by atoms with E-state index in [-0.39, 0.29) is 0 Å². The van der Waals surface area contributed by atoms with Crippen molar-refractivity contribution >= 4 is 21.9 Å². The SMILES string of the molecule is Cc1[nH]nc2c1c1cc(OCc3ccccc3)ccc1n2C. The molecular formula is C18H17N3O. The molecule has 0 saturated carbocycles. The highest BCUT2D eigenvalue weighted by atomic mass is 16.5. The normalized spacial score (nSPS) is 11.4. The first-order valence-corrected chi connectivity index (χ1v) is 7.34. The van der Waals surface area contributed by atoms with Gasteiger partial charge in [0.2, 0.25) is 0 Å². The second-order valence-electron chi connectivity index (χ2n) is 5.56. The largest absolute Gasteiger partial charge is 0.489 e. The van der Waals surface area contributed by atoms with Gasteiger partial charge in [-0.25, -0.2) is 0 Å². The fourth-order valence-electron chi connectivity index (χ4n) is 2.93. The minimum Gasteiger partial charge on any atom is -0.489 e. The Hall–Kier alpha value is -2.75. The van der Waals surface area contributed by atoms with Crippen molar-refractivity contribution in [3.63, 3.8) is 0 Å². The first-order valence-electron chi connectivity index (χ1n) is 7.34. The van der Waals surface area contributed by atoms with E-state index in [9.17, 15) is 0 Å². The highest BCUT2D eigenvalue weighted by Crippen LogP contribution is 2.31. The van der Waals surface area contributed by atoms with E-state index < -0.39 is 0 Å². The summed E-state index contributed by atoms with van der Waals surface area (Å²) < 4.78 is 8.04. The Morgan fingerprint density at radius 1 is 1.14 bits per heavy atom. The van der Waals surface area contributed by atoms with Crippen molar-refractivity contribution in [1.29, 1.82) is 0 Å². The van der Waals surface area contributed by atoms with Crippen LogP contribution in [-0.4, -0.2) is 14.8 Å². The number of aryl methyl sites for hydroxylation is 2. The first-order chi connectivity index (χ1) is 10.7. The van der Waals surface area contributed by atoms with Gasteiger partial charge in [-0.1, -0.05) is 30.3 Å². The molecular weight excluding hydrogens is 274 g/mol. The minimum atomic E-state index is 0.576. The van der Waals surface area contributed by atoms with Gasteiger partial charge >= 0.3 is 0 Å². The maximum absolute atomic E-state index is 5.93. The maximum atomic E-state index is 5.93. The molecule has 4 nitrogen and oxygen atoms in total. The van der Waals surface area contributed by atoms with Crippen LogP contribution >= 0.6 is 0 Å². The van der Waals surface area contributed by atoms with Gasteiger partial charge in [-0.3, -0.25) is 5.10 Å². The molecule has 0 unspecified atom stereocenters. The lowest BCUT2D eigenvalue weighted by Crippen LogP contribution is -1.95. The molecule has 2 heterocycles. The summed E-state index contributed by atoms with van der Waals surface area (Å²) in [5.41, 5.74) is 4.40. The molecule has 0 spiro atoms. The highest BCUT2D eigenvalue weighted by Gasteiger charge is 2.13. The van der Waals surface area contributed by atoms with Crippen molar-refractivity contribution in [2.75, 3.05) is 0 Å². The van der Waals surface area contributed by atoms with Gasteiger partial charge in [0.05, 0.1) is 5.52 Å². The monoisotopic (exact) mass is 291 g/mol. The molecule has 0 radical (unpaired) electrons. The topological polar surface area (TPSA) is 42.8 Å². The lowest BCUT2D eigenvalue weighted by atomic mass is 10.2. The predicted molar refractivity (Wildman–Crippen MR) is 88.1 cm³/mol. The third kappa shape index (κ3) is 1.96. The molecule has 4 heteroatoms. The number of benzene rings is 2. The molecule has 4 rings (SSSR count). The van der Waals surface area contributed by atoms with E-state index in [1.165, 1.54) is 21.9 Å². The van der Waals surface area contributed by atoms with Crippen LogP contribution in [0, 0.1) is 6.92 Å². The zero-order valence-corrected chi connectivity index (χ0v) is 12.6. The van der Waals surface area contributed by atoms with Crippen molar-refractivity contribution in [1.82, 2.24) is 14.8 Å². The molecule has 0 amide bonds. The Labute approximate surface area is 128 Å². The Kier molecular flexibility index (Phi) is 2.89. The lowest BCUT2D eigenvalue weighted by Gasteiger charge is -2.07. The summed E-state index contributed by atoms with van der Waals surface area (Å²) in [6, 6.07) is 16.4. The van der Waals surface area contributed by atoms with E-state index in [0.717, 1.165) is 17.1 Å². The third-order valence-corrected chi connectivity index (χ3v) is 4.09. The number of nitrogens with zero attached hydrogens (tertiary/aromatic N) is 2. The Bertz CT molecular complexity index is 951. The number of aromatic amines is 1. The molecule has 0 aliphatic heterocycles. The summed E-state index contributed by atoms with van der Waals surface area (Å²) >= 11 is 0. The maximum Gasteiger partial charge on any atom is 0.162 e. The fourth-order valence-corrected chi connectivity index (χ4v) is 2.93. The van der Waals surface area contributed by atoms with Crippen LogP contribution in [0.4, 0.5) is 0 Å². The zero-order chi connectivity index (χ0) is 15.1. The molecule has 2 aromatic carbocycles. The lowest BCUT2D eigenvalue weighted by molar-refractivity contribution is 0.306. The average Bonchev–Trinajstić information content (AvgIpc) is 3.06. The van der Waals surface area contributed by atoms with Crippen molar-refractivity contribution in [2.45, 2.75) is 13.5 Å². The molecule has 22 heavy (non-hydrogen) atoms. The van der Waals surface area contributed by atoms with Crippen LogP contribution in [0.25, 0.3) is 21.9 Å². The number of aromatic nitrogens is 3. The quantitative estimate of drug-likeness (QED) is 0.621. The molecule has 1 N–H and O–H groups in total. The number of nitrogens with one attached hydrogen (secondary N) is 1. The van der Waals surface area contributed by atoms with E-state index in [2.05, 4.69) is 39.0 Å². The van der Waals surface area contributed by atoms with Crippen LogP contribution in [0.15, 0.2) is 48.5 Å². The summed E-state index contributed by atoms with van der Waals surface area (Å²) in [6.45, 7) is 2.62. The molecule has 110 valence electrons. The van der Waals surface area contributed by atoms with Gasteiger partial charge in [0.1, 0.15) is 12.4 Å². The molecule has 0 aliphatic carbocycles. The van der Waals surface area contributed by atoms with E-state index in [4.69, 9.17) is 4.74 Å². The number of rotatable bonds is 3. The second-order valence-corrected chi connectivity index (χ2v) is 5.56. The van der Waals surface area contributed by atoms with Crippen LogP contribution in [-0.2, 0) is 13.7 Å². The van der Waals surface area contributed by atoms with Crippen molar-refractivity contribution in [3.05, 3.63) is 59.8 Å². The van der Waals surface area contributed by atoms with Crippen molar-refractivity contribution < 1.29 is 4.74 Å². The average molecular weight is 291 g/mol. The van der Waals surface area contributed by atoms with Gasteiger partial charge < -0.3 is 9.30 Å². The smallest absolute Gasteiger partial charge is 0.162 e. The van der Waals surface area contributed by atoms with E-state index in [1.807, 2.05) is 38.2 Å². The Balaban J connectivity index is 1.74. The first kappa shape index (κ1) is 13.0. The molecule has 0 aliphatic rings. The molecule has 4 aromatic rings. The summed E-state index contributed by atoms with van der Waals surface area (Å²) in [7, 11) is 2.04. The zero-order valence-electron chi connectivity index (χ0n) is 12.6. The fraction of sp³-hybridized carbons (Fsp3) is 0.167. The van der Waals surface area contributed by atoms with Gasteiger partial charge in [0, 0.05) is 23.5 Å². The summed E-state index contributed by atoms with van der Waals surface area (Å²) in [5, 5.41) is 9.78. The van der Waals surface area contributed by atoms with Crippen LogP contribution in [0.1, 0.15) is 11.3 Å². The van der Waals surface area contributed by atoms with Crippen LogP contribution < -0.4 is 4.74 Å².